The summed E-state index contributed by atoms with van der Waals surface area (Å²) >= 11 is 0. The number of rotatable bonds is 4. The van der Waals surface area contributed by atoms with Crippen molar-refractivity contribution in [1.29, 1.82) is 0 Å². The second kappa shape index (κ2) is 6.98. The van der Waals surface area contributed by atoms with E-state index in [1.807, 2.05) is 0 Å². The van der Waals surface area contributed by atoms with E-state index in [-0.39, 0.29) is 16.8 Å². The lowest BCUT2D eigenvalue weighted by Crippen LogP contribution is -2.45. The average Bonchev–Trinajstić information content (AvgIpc) is 2.46. The molecule has 1 saturated heterocycles. The quantitative estimate of drug-likeness (QED) is 0.770. The molecule has 0 saturated carbocycles. The van der Waals surface area contributed by atoms with Crippen molar-refractivity contribution in [1.82, 2.24) is 15.4 Å². The lowest BCUT2D eigenvalue weighted by atomic mass is 10.1. The molecule has 1 aliphatic rings. The minimum Gasteiger partial charge on any atom is -0.348 e. The second-order valence-electron chi connectivity index (χ2n) is 6.90. The molecule has 1 unspecified atom stereocenters. The summed E-state index contributed by atoms with van der Waals surface area (Å²) in [5.74, 6) is -0.175. The number of amides is 1. The van der Waals surface area contributed by atoms with Gasteiger partial charge in [0, 0.05) is 23.7 Å². The standard InChI is InChI=1S/C16H25N3O3S/c1-16(2,3)19-23(21,22)14-8-6-12(7-9-14)15(20)18-13-5-4-10-17-11-13/h6-9,13,17,19H,4-5,10-11H2,1-3H3,(H,18,20). The van der Waals surface area contributed by atoms with Crippen LogP contribution >= 0.6 is 0 Å². The van der Waals surface area contributed by atoms with Gasteiger partial charge in [0.2, 0.25) is 10.0 Å². The zero-order chi connectivity index (χ0) is 17.1. The molecule has 2 rings (SSSR count). The van der Waals surface area contributed by atoms with Crippen LogP contribution in [0.2, 0.25) is 0 Å². The largest absolute Gasteiger partial charge is 0.348 e. The molecule has 1 fully saturated rings. The molecule has 1 atom stereocenters. The van der Waals surface area contributed by atoms with Gasteiger partial charge >= 0.3 is 0 Å². The van der Waals surface area contributed by atoms with E-state index in [2.05, 4.69) is 15.4 Å². The first-order valence-corrected chi connectivity index (χ1v) is 9.31. The molecule has 1 aromatic rings. The maximum atomic E-state index is 12.2. The predicted octanol–water partition coefficient (Wildman–Crippen LogP) is 1.25. The first kappa shape index (κ1) is 17.9. The Morgan fingerprint density at radius 1 is 1.22 bits per heavy atom. The molecule has 0 aliphatic carbocycles. The van der Waals surface area contributed by atoms with Crippen molar-refractivity contribution in [2.45, 2.75) is 50.1 Å². The van der Waals surface area contributed by atoms with Crippen LogP contribution < -0.4 is 15.4 Å². The number of carbonyl (C=O) groups is 1. The topological polar surface area (TPSA) is 87.3 Å². The van der Waals surface area contributed by atoms with E-state index < -0.39 is 15.6 Å². The number of hydrogen-bond acceptors (Lipinski definition) is 4. The molecule has 1 amide bonds. The van der Waals surface area contributed by atoms with Gasteiger partial charge in [-0.2, -0.15) is 0 Å². The van der Waals surface area contributed by atoms with Crippen LogP contribution in [0.3, 0.4) is 0 Å². The van der Waals surface area contributed by atoms with Crippen LogP contribution in [0.15, 0.2) is 29.2 Å². The molecule has 7 heteroatoms. The zero-order valence-electron chi connectivity index (χ0n) is 13.8. The highest BCUT2D eigenvalue weighted by molar-refractivity contribution is 7.89. The van der Waals surface area contributed by atoms with E-state index in [0.717, 1.165) is 25.9 Å². The van der Waals surface area contributed by atoms with Crippen molar-refractivity contribution >= 4 is 15.9 Å². The van der Waals surface area contributed by atoms with Gasteiger partial charge in [-0.3, -0.25) is 4.79 Å². The van der Waals surface area contributed by atoms with Crippen LogP contribution in [0.1, 0.15) is 44.0 Å². The molecule has 0 bridgehead atoms. The van der Waals surface area contributed by atoms with E-state index in [9.17, 15) is 13.2 Å². The molecular weight excluding hydrogens is 314 g/mol. The summed E-state index contributed by atoms with van der Waals surface area (Å²) < 4.78 is 27.0. The van der Waals surface area contributed by atoms with Crippen molar-refractivity contribution in [3.63, 3.8) is 0 Å². The van der Waals surface area contributed by atoms with Gasteiger partial charge in [-0.05, 0) is 64.4 Å². The molecular formula is C16H25N3O3S. The van der Waals surface area contributed by atoms with Gasteiger partial charge in [0.25, 0.3) is 5.91 Å². The fourth-order valence-electron chi connectivity index (χ4n) is 2.49. The van der Waals surface area contributed by atoms with E-state index in [1.165, 1.54) is 12.1 Å². The van der Waals surface area contributed by atoms with E-state index in [4.69, 9.17) is 0 Å². The summed E-state index contributed by atoms with van der Waals surface area (Å²) in [6.45, 7) is 7.10. The van der Waals surface area contributed by atoms with Crippen LogP contribution in [0.25, 0.3) is 0 Å². The van der Waals surface area contributed by atoms with Crippen LogP contribution in [-0.2, 0) is 10.0 Å². The first-order valence-electron chi connectivity index (χ1n) is 7.83. The highest BCUT2D eigenvalue weighted by Gasteiger charge is 2.22. The number of hydrogen-bond donors (Lipinski definition) is 3. The highest BCUT2D eigenvalue weighted by Crippen LogP contribution is 2.14. The summed E-state index contributed by atoms with van der Waals surface area (Å²) in [5.41, 5.74) is -0.0895. The predicted molar refractivity (Wildman–Crippen MR) is 89.9 cm³/mol. The van der Waals surface area contributed by atoms with Crippen molar-refractivity contribution in [2.24, 2.45) is 0 Å². The van der Waals surface area contributed by atoms with E-state index in [0.29, 0.717) is 5.56 Å². The molecule has 1 heterocycles. The van der Waals surface area contributed by atoms with Crippen molar-refractivity contribution in [2.75, 3.05) is 13.1 Å². The zero-order valence-corrected chi connectivity index (χ0v) is 14.7. The van der Waals surface area contributed by atoms with Crippen LogP contribution in [-0.4, -0.2) is 39.0 Å². The van der Waals surface area contributed by atoms with Crippen LogP contribution in [0.5, 0.6) is 0 Å². The van der Waals surface area contributed by atoms with E-state index >= 15 is 0 Å². The van der Waals surface area contributed by atoms with Crippen molar-refractivity contribution in [3.8, 4) is 0 Å². The Kier molecular flexibility index (Phi) is 5.44. The molecule has 0 spiro atoms. The minimum absolute atomic E-state index is 0.127. The van der Waals surface area contributed by atoms with Gasteiger partial charge in [-0.15, -0.1) is 0 Å². The Labute approximate surface area is 138 Å². The third kappa shape index (κ3) is 5.30. The molecule has 6 nitrogen and oxygen atoms in total. The fraction of sp³-hybridized carbons (Fsp3) is 0.562. The van der Waals surface area contributed by atoms with Crippen LogP contribution in [0, 0.1) is 0 Å². The molecule has 0 aromatic heterocycles. The number of benzene rings is 1. The minimum atomic E-state index is -3.58. The molecule has 0 radical (unpaired) electrons. The van der Waals surface area contributed by atoms with Gasteiger partial charge in [0.15, 0.2) is 0 Å². The Balaban J connectivity index is 2.05. The molecule has 23 heavy (non-hydrogen) atoms. The number of sulfonamides is 1. The van der Waals surface area contributed by atoms with Gasteiger partial charge in [0.1, 0.15) is 0 Å². The maximum absolute atomic E-state index is 12.2. The van der Waals surface area contributed by atoms with Crippen LogP contribution in [0.4, 0.5) is 0 Å². The Hall–Kier alpha value is -1.44. The van der Waals surface area contributed by atoms with Gasteiger partial charge in [-0.25, -0.2) is 13.1 Å². The second-order valence-corrected chi connectivity index (χ2v) is 8.58. The summed E-state index contributed by atoms with van der Waals surface area (Å²) in [7, 11) is -3.58. The monoisotopic (exact) mass is 339 g/mol. The lowest BCUT2D eigenvalue weighted by Gasteiger charge is -2.24. The Bertz CT molecular complexity index is 642. The number of piperidine rings is 1. The maximum Gasteiger partial charge on any atom is 0.251 e. The van der Waals surface area contributed by atoms with Crippen molar-refractivity contribution in [3.05, 3.63) is 29.8 Å². The molecule has 3 N–H and O–H groups in total. The Morgan fingerprint density at radius 2 is 1.87 bits per heavy atom. The Morgan fingerprint density at radius 3 is 2.39 bits per heavy atom. The van der Waals surface area contributed by atoms with Gasteiger partial charge < -0.3 is 10.6 Å². The fourth-order valence-corrected chi connectivity index (χ4v) is 3.91. The third-order valence-corrected chi connectivity index (χ3v) is 5.27. The molecule has 128 valence electrons. The number of nitrogens with one attached hydrogen (secondary N) is 3. The third-order valence-electron chi connectivity index (χ3n) is 3.50. The smallest absolute Gasteiger partial charge is 0.251 e. The van der Waals surface area contributed by atoms with Crippen molar-refractivity contribution < 1.29 is 13.2 Å². The number of carbonyl (C=O) groups excluding carboxylic acids is 1. The SMILES string of the molecule is CC(C)(C)NS(=O)(=O)c1ccc(C(=O)NC2CCCNC2)cc1. The van der Waals surface area contributed by atoms with E-state index in [1.54, 1.807) is 32.9 Å². The summed E-state index contributed by atoms with van der Waals surface area (Å²) in [6.07, 6.45) is 2.00. The normalized spacial score (nSPS) is 19.3. The molecule has 1 aliphatic heterocycles. The lowest BCUT2D eigenvalue weighted by molar-refractivity contribution is 0.0930. The van der Waals surface area contributed by atoms with Gasteiger partial charge in [-0.1, -0.05) is 0 Å². The summed E-state index contributed by atoms with van der Waals surface area (Å²) in [5, 5.41) is 6.21. The molecule has 1 aromatic carbocycles. The highest BCUT2D eigenvalue weighted by atomic mass is 32.2. The first-order chi connectivity index (χ1) is 10.7. The summed E-state index contributed by atoms with van der Waals surface area (Å²) in [4.78, 5) is 12.4. The summed E-state index contributed by atoms with van der Waals surface area (Å²) in [6, 6.07) is 6.14. The average molecular weight is 339 g/mol. The van der Waals surface area contributed by atoms with Gasteiger partial charge in [0.05, 0.1) is 4.90 Å².